The van der Waals surface area contributed by atoms with Crippen molar-refractivity contribution in [3.05, 3.63) is 85.1 Å². The smallest absolute Gasteiger partial charge is 0.220 e. The van der Waals surface area contributed by atoms with Gasteiger partial charge in [0, 0.05) is 6.42 Å². The van der Waals surface area contributed by atoms with Crippen molar-refractivity contribution >= 4 is 5.91 Å². The minimum Gasteiger partial charge on any atom is -0.394 e. The van der Waals surface area contributed by atoms with E-state index in [0.29, 0.717) is 19.3 Å². The van der Waals surface area contributed by atoms with Crippen LogP contribution in [-0.4, -0.2) is 193 Å². The molecule has 3 rings (SSSR count). The number of carbonyl (C=O) groups is 1. The second kappa shape index (κ2) is 55.8. The van der Waals surface area contributed by atoms with Crippen molar-refractivity contribution in [3.8, 4) is 0 Å². The van der Waals surface area contributed by atoms with Gasteiger partial charge in [0.15, 0.2) is 18.9 Å². The maximum atomic E-state index is 13.4. The second-order valence-electron chi connectivity index (χ2n) is 26.0. The third kappa shape index (κ3) is 36.7. The molecule has 0 aromatic rings. The first kappa shape index (κ1) is 85.2. The first-order valence-electron chi connectivity index (χ1n) is 36.8. The molecule has 17 unspecified atom stereocenters. The molecular weight excluding hydrogens is 1200 g/mol. The lowest BCUT2D eigenvalue weighted by atomic mass is 9.96. The van der Waals surface area contributed by atoms with Crippen LogP contribution in [0.1, 0.15) is 251 Å². The van der Waals surface area contributed by atoms with Crippen molar-refractivity contribution in [1.82, 2.24) is 5.32 Å². The number of ether oxygens (including phenoxy) is 6. The summed E-state index contributed by atoms with van der Waals surface area (Å²) in [5.41, 5.74) is 0. The Morgan fingerprint density at radius 3 is 1.19 bits per heavy atom. The van der Waals surface area contributed by atoms with Crippen LogP contribution in [0.15, 0.2) is 85.1 Å². The van der Waals surface area contributed by atoms with Gasteiger partial charge in [-0.05, 0) is 70.6 Å². The maximum Gasteiger partial charge on any atom is 0.220 e. The van der Waals surface area contributed by atoms with Gasteiger partial charge in [-0.1, -0.05) is 259 Å². The Balaban J connectivity index is 1.41. The summed E-state index contributed by atoms with van der Waals surface area (Å²) in [6.45, 7) is 1.56. The molecule has 0 spiro atoms. The topological polar surface area (TPSA) is 307 Å². The summed E-state index contributed by atoms with van der Waals surface area (Å²) in [6, 6.07) is -1.03. The van der Waals surface area contributed by atoms with Crippen LogP contribution in [0.5, 0.6) is 0 Å². The van der Waals surface area contributed by atoms with Gasteiger partial charge in [-0.25, -0.2) is 0 Å². The first-order chi connectivity index (χ1) is 45.8. The van der Waals surface area contributed by atoms with Crippen molar-refractivity contribution in [2.75, 3.05) is 26.4 Å². The van der Waals surface area contributed by atoms with E-state index in [0.717, 1.165) is 51.4 Å². The Morgan fingerprint density at radius 1 is 0.394 bits per heavy atom. The van der Waals surface area contributed by atoms with Crippen LogP contribution in [0.25, 0.3) is 0 Å². The number of rotatable bonds is 56. The van der Waals surface area contributed by atoms with Crippen LogP contribution in [0.2, 0.25) is 0 Å². The minimum atomic E-state index is -1.99. The molecule has 19 heteroatoms. The van der Waals surface area contributed by atoms with E-state index in [4.69, 9.17) is 28.4 Å². The van der Waals surface area contributed by atoms with Crippen LogP contribution < -0.4 is 5.32 Å². The van der Waals surface area contributed by atoms with Crippen molar-refractivity contribution in [2.24, 2.45) is 0 Å². The summed E-state index contributed by atoms with van der Waals surface area (Å²) >= 11 is 0. The number of allylic oxidation sites excluding steroid dienone is 13. The predicted octanol–water partition coefficient (Wildman–Crippen LogP) is 10.7. The van der Waals surface area contributed by atoms with Gasteiger partial charge in [0.05, 0.1) is 38.6 Å². The van der Waals surface area contributed by atoms with E-state index in [9.17, 15) is 61.0 Å². The Labute approximate surface area is 565 Å². The van der Waals surface area contributed by atoms with Gasteiger partial charge in [0.2, 0.25) is 5.91 Å². The summed E-state index contributed by atoms with van der Waals surface area (Å²) in [7, 11) is 0. The summed E-state index contributed by atoms with van der Waals surface area (Å²) in [4.78, 5) is 13.4. The molecule has 0 aromatic heterocycles. The molecule has 0 bridgehead atoms. The lowest BCUT2D eigenvalue weighted by molar-refractivity contribution is -0.379. The molecule has 544 valence electrons. The van der Waals surface area contributed by atoms with Crippen molar-refractivity contribution in [3.63, 3.8) is 0 Å². The van der Waals surface area contributed by atoms with E-state index < -0.39 is 131 Å². The van der Waals surface area contributed by atoms with E-state index in [1.807, 2.05) is 12.2 Å². The molecule has 3 aliphatic heterocycles. The molecule has 19 nitrogen and oxygen atoms in total. The lowest BCUT2D eigenvalue weighted by Crippen LogP contribution is -2.66. The molecule has 3 heterocycles. The van der Waals surface area contributed by atoms with Gasteiger partial charge in [-0.15, -0.1) is 0 Å². The summed E-state index contributed by atoms with van der Waals surface area (Å²) in [5, 5.41) is 120. The van der Waals surface area contributed by atoms with E-state index in [1.165, 1.54) is 161 Å². The zero-order valence-corrected chi connectivity index (χ0v) is 57.7. The highest BCUT2D eigenvalue weighted by Gasteiger charge is 2.53. The quantitative estimate of drug-likeness (QED) is 0.0199. The van der Waals surface area contributed by atoms with E-state index >= 15 is 0 Å². The normalized spacial score (nSPS) is 27.9. The highest BCUT2D eigenvalue weighted by atomic mass is 16.8. The van der Waals surface area contributed by atoms with Gasteiger partial charge in [0.1, 0.15) is 73.2 Å². The zero-order chi connectivity index (χ0) is 68.2. The summed E-state index contributed by atoms with van der Waals surface area (Å²) in [6.07, 6.45) is 46.0. The molecule has 1 amide bonds. The van der Waals surface area contributed by atoms with Crippen LogP contribution >= 0.6 is 0 Å². The Hall–Kier alpha value is -3.03. The fraction of sp³-hybridized carbons (Fsp3) is 0.800. The first-order valence-corrected chi connectivity index (χ1v) is 36.8. The van der Waals surface area contributed by atoms with E-state index in [2.05, 4.69) is 86.0 Å². The molecule has 3 fully saturated rings. The number of hydrogen-bond acceptors (Lipinski definition) is 18. The van der Waals surface area contributed by atoms with Crippen LogP contribution in [-0.2, 0) is 33.2 Å². The molecule has 0 radical (unpaired) electrons. The Morgan fingerprint density at radius 2 is 0.745 bits per heavy atom. The highest BCUT2D eigenvalue weighted by molar-refractivity contribution is 5.76. The number of aliphatic hydroxyl groups excluding tert-OH is 11. The average Bonchev–Trinajstić information content (AvgIpc) is 0.787. The molecule has 0 aromatic carbocycles. The van der Waals surface area contributed by atoms with Gasteiger partial charge < -0.3 is 89.9 Å². The monoisotopic (exact) mass is 1330 g/mol. The molecule has 0 saturated carbocycles. The van der Waals surface area contributed by atoms with Crippen LogP contribution in [0, 0.1) is 0 Å². The van der Waals surface area contributed by atoms with Gasteiger partial charge in [0.25, 0.3) is 0 Å². The van der Waals surface area contributed by atoms with Crippen LogP contribution in [0.3, 0.4) is 0 Å². The molecule has 0 aliphatic carbocycles. The zero-order valence-electron chi connectivity index (χ0n) is 57.7. The highest BCUT2D eigenvalue weighted by Crippen LogP contribution is 2.33. The molecule has 17 atom stereocenters. The van der Waals surface area contributed by atoms with Gasteiger partial charge in [-0.3, -0.25) is 4.79 Å². The Kier molecular flexibility index (Phi) is 50.6. The van der Waals surface area contributed by atoms with Crippen molar-refractivity contribution in [1.29, 1.82) is 0 Å². The molecule has 3 aliphatic rings. The van der Waals surface area contributed by atoms with Crippen LogP contribution in [0.4, 0.5) is 0 Å². The lowest BCUT2D eigenvalue weighted by Gasteiger charge is -2.48. The Bertz CT molecular complexity index is 2030. The summed E-state index contributed by atoms with van der Waals surface area (Å²) < 4.78 is 34.3. The SMILES string of the molecule is CC/C=C\C/C=C\C/C=C\C/C=C\C/C=C\CCCC(=O)NC(COC1OC(CO)C(OC2OC(CO)C(OC3OC(CO)C(O)C(O)C3O)C(O)C2O)C(O)C1O)C(O)/C=C/CC/C=C/CCCCCCCCCCCCCCCCCCCCCCCCCCCC. The van der Waals surface area contributed by atoms with Crippen molar-refractivity contribution in [2.45, 2.75) is 356 Å². The van der Waals surface area contributed by atoms with Gasteiger partial charge >= 0.3 is 0 Å². The molecule has 12 N–H and O–H groups in total. The van der Waals surface area contributed by atoms with Gasteiger partial charge in [-0.2, -0.15) is 0 Å². The minimum absolute atomic E-state index is 0.153. The number of carbonyl (C=O) groups excluding carboxylic acids is 1. The molecule has 94 heavy (non-hydrogen) atoms. The fourth-order valence-corrected chi connectivity index (χ4v) is 12.0. The van der Waals surface area contributed by atoms with E-state index in [-0.39, 0.29) is 12.3 Å². The standard InChI is InChI=1S/C75H131NO18/c1-3-5-7-9-11-13-15-17-19-21-22-23-24-25-26-27-28-29-30-31-32-33-34-35-37-38-40-42-44-46-48-50-52-59(80)58(76-63(81)53-51-49-47-45-43-41-39-36-20-18-16-14-12-10-8-6-4-2)57-89-73-69(87)66(84)71(61(55-78)91-73)94-75-70(88)67(85)72(62(56-79)92-75)93-74-68(86)65(83)64(82)60(54-77)90-74/h6,8,12,14,18,20,39,41-42,44-45,47,50,52,58-62,64-75,77-80,82-88H,3-5,7,9-11,13,15-17,19,21-38,40,43,46,48-49,51,53-57H2,1-2H3,(H,76,81)/b8-6-,14-12-,20-18-,41-39-,44-42+,47-45-,52-50+. The molecular formula is C75H131NO18. The fourth-order valence-electron chi connectivity index (χ4n) is 12.0. The largest absolute Gasteiger partial charge is 0.394 e. The average molecular weight is 1330 g/mol. The number of amides is 1. The number of hydrogen-bond donors (Lipinski definition) is 12. The number of nitrogens with one attached hydrogen (secondary N) is 1. The van der Waals surface area contributed by atoms with Crippen molar-refractivity contribution < 1.29 is 89.4 Å². The molecule has 3 saturated heterocycles. The third-order valence-electron chi connectivity index (χ3n) is 17.9. The number of unbranched alkanes of at least 4 members (excludes halogenated alkanes) is 28. The second-order valence-corrected chi connectivity index (χ2v) is 26.0. The third-order valence-corrected chi connectivity index (χ3v) is 17.9. The summed E-state index contributed by atoms with van der Waals surface area (Å²) in [5.74, 6) is -0.343. The maximum absolute atomic E-state index is 13.4. The predicted molar refractivity (Wildman–Crippen MR) is 369 cm³/mol. The number of aliphatic hydroxyl groups is 11. The van der Waals surface area contributed by atoms with E-state index in [1.54, 1.807) is 6.08 Å².